The minimum absolute atomic E-state index is 0.00664. The van der Waals surface area contributed by atoms with Crippen LogP contribution < -0.4 is 5.56 Å². The lowest BCUT2D eigenvalue weighted by Gasteiger charge is -2.32. The van der Waals surface area contributed by atoms with E-state index in [0.717, 1.165) is 17.3 Å². The maximum absolute atomic E-state index is 12.9. The summed E-state index contributed by atoms with van der Waals surface area (Å²) in [4.78, 5) is 48.8. The zero-order valence-corrected chi connectivity index (χ0v) is 16.8. The fraction of sp³-hybridized carbons (Fsp3) is 0.429. The number of H-pyrrole nitrogens is 1. The number of hydrogen-bond donors (Lipinski definition) is 1. The number of amides is 3. The van der Waals surface area contributed by atoms with Crippen molar-refractivity contribution in [1.82, 2.24) is 24.7 Å². The zero-order chi connectivity index (χ0) is 20.7. The Morgan fingerprint density at radius 2 is 1.93 bits per heavy atom. The van der Waals surface area contributed by atoms with E-state index in [1.54, 1.807) is 23.9 Å². The van der Waals surface area contributed by atoms with Crippen molar-refractivity contribution in [2.45, 2.75) is 13.0 Å². The first-order chi connectivity index (χ1) is 13.9. The number of aromatic amines is 1. The van der Waals surface area contributed by atoms with Crippen LogP contribution in [0, 0.1) is 18.8 Å². The lowest BCUT2D eigenvalue weighted by Crippen LogP contribution is -2.42. The molecule has 2 aliphatic rings. The molecule has 3 amide bonds. The number of aromatic nitrogens is 2. The van der Waals surface area contributed by atoms with Gasteiger partial charge in [-0.1, -0.05) is 24.3 Å². The molecule has 2 aromatic rings. The van der Waals surface area contributed by atoms with Crippen LogP contribution in [-0.4, -0.2) is 70.3 Å². The van der Waals surface area contributed by atoms with Gasteiger partial charge < -0.3 is 19.7 Å². The second kappa shape index (κ2) is 7.35. The number of likely N-dealkylation sites (tertiary alicyclic amines) is 2. The second-order valence-corrected chi connectivity index (χ2v) is 8.06. The molecule has 1 N–H and O–H groups in total. The van der Waals surface area contributed by atoms with E-state index in [0.29, 0.717) is 19.6 Å². The van der Waals surface area contributed by atoms with Crippen LogP contribution in [0.1, 0.15) is 27.7 Å². The summed E-state index contributed by atoms with van der Waals surface area (Å²) >= 11 is 0. The van der Waals surface area contributed by atoms with Gasteiger partial charge in [-0.05, 0) is 18.1 Å². The topological polar surface area (TPSA) is 89.6 Å². The van der Waals surface area contributed by atoms with Crippen LogP contribution in [0.2, 0.25) is 0 Å². The van der Waals surface area contributed by atoms with Gasteiger partial charge in [-0.25, -0.2) is 9.78 Å². The van der Waals surface area contributed by atoms with Crippen LogP contribution in [0.25, 0.3) is 0 Å². The summed E-state index contributed by atoms with van der Waals surface area (Å²) in [7, 11) is 3.53. The third kappa shape index (κ3) is 3.39. The first-order valence-electron chi connectivity index (χ1n) is 9.74. The highest BCUT2D eigenvalue weighted by molar-refractivity contribution is 5.92. The molecule has 1 aromatic heterocycles. The van der Waals surface area contributed by atoms with Gasteiger partial charge in [0.2, 0.25) is 0 Å². The average molecular weight is 395 g/mol. The predicted molar refractivity (Wildman–Crippen MR) is 107 cm³/mol. The normalized spacial score (nSPS) is 23.2. The average Bonchev–Trinajstić information content (AvgIpc) is 3.26. The van der Waals surface area contributed by atoms with Gasteiger partial charge in [-0.15, -0.1) is 0 Å². The Bertz CT molecular complexity index is 981. The van der Waals surface area contributed by atoms with Crippen LogP contribution in [0.3, 0.4) is 0 Å². The van der Waals surface area contributed by atoms with Gasteiger partial charge in [0.25, 0.3) is 11.5 Å². The lowest BCUT2D eigenvalue weighted by molar-refractivity contribution is 0.0760. The Morgan fingerprint density at radius 1 is 1.17 bits per heavy atom. The predicted octanol–water partition coefficient (Wildman–Crippen LogP) is 1.51. The SMILES string of the molecule is Cc1ccccc1[C@H]1[C@@H]2CN(C(=O)c3c[nH]c(=O)cn3)C[C@@H]2CN1C(=O)N(C)C. The summed E-state index contributed by atoms with van der Waals surface area (Å²) in [5, 5.41) is 0. The van der Waals surface area contributed by atoms with Crippen molar-refractivity contribution >= 4 is 11.9 Å². The molecule has 2 fully saturated rings. The highest BCUT2D eigenvalue weighted by Gasteiger charge is 2.50. The molecule has 152 valence electrons. The van der Waals surface area contributed by atoms with E-state index in [1.165, 1.54) is 6.20 Å². The third-order valence-electron chi connectivity index (χ3n) is 5.98. The van der Waals surface area contributed by atoms with Crippen LogP contribution in [0.4, 0.5) is 4.79 Å². The molecule has 2 saturated heterocycles. The number of rotatable bonds is 2. The number of carbonyl (C=O) groups excluding carboxylic acids is 2. The molecular formula is C21H25N5O3. The van der Waals surface area contributed by atoms with Gasteiger partial charge in [-0.2, -0.15) is 0 Å². The van der Waals surface area contributed by atoms with Crippen molar-refractivity contribution in [2.24, 2.45) is 11.8 Å². The molecule has 0 saturated carbocycles. The smallest absolute Gasteiger partial charge is 0.320 e. The van der Waals surface area contributed by atoms with E-state index in [2.05, 4.69) is 29.0 Å². The van der Waals surface area contributed by atoms with E-state index < -0.39 is 0 Å². The summed E-state index contributed by atoms with van der Waals surface area (Å²) in [6, 6.07) is 8.05. The second-order valence-electron chi connectivity index (χ2n) is 8.06. The molecule has 8 nitrogen and oxygen atoms in total. The summed E-state index contributed by atoms with van der Waals surface area (Å²) < 4.78 is 0. The highest BCUT2D eigenvalue weighted by atomic mass is 16.2. The monoisotopic (exact) mass is 395 g/mol. The summed E-state index contributed by atoms with van der Waals surface area (Å²) in [5.41, 5.74) is 2.17. The minimum Gasteiger partial charge on any atom is -0.337 e. The van der Waals surface area contributed by atoms with E-state index >= 15 is 0 Å². The molecule has 1 aromatic carbocycles. The van der Waals surface area contributed by atoms with Gasteiger partial charge >= 0.3 is 6.03 Å². The molecule has 0 aliphatic carbocycles. The van der Waals surface area contributed by atoms with Crippen molar-refractivity contribution < 1.29 is 9.59 Å². The van der Waals surface area contributed by atoms with Gasteiger partial charge in [-0.3, -0.25) is 9.59 Å². The molecule has 0 spiro atoms. The zero-order valence-electron chi connectivity index (χ0n) is 16.8. The maximum Gasteiger partial charge on any atom is 0.320 e. The van der Waals surface area contributed by atoms with Crippen LogP contribution in [-0.2, 0) is 0 Å². The van der Waals surface area contributed by atoms with Gasteiger partial charge in [0.15, 0.2) is 0 Å². The van der Waals surface area contributed by atoms with Crippen LogP contribution in [0.5, 0.6) is 0 Å². The fourth-order valence-electron chi connectivity index (χ4n) is 4.60. The number of urea groups is 1. The van der Waals surface area contributed by atoms with Gasteiger partial charge in [0.05, 0.1) is 12.2 Å². The van der Waals surface area contributed by atoms with Crippen molar-refractivity contribution in [1.29, 1.82) is 0 Å². The Hall–Kier alpha value is -3.16. The first-order valence-corrected chi connectivity index (χ1v) is 9.74. The maximum atomic E-state index is 12.9. The molecule has 0 radical (unpaired) electrons. The fourth-order valence-corrected chi connectivity index (χ4v) is 4.60. The lowest BCUT2D eigenvalue weighted by atomic mass is 9.88. The molecule has 3 atom stereocenters. The Kier molecular flexibility index (Phi) is 4.86. The van der Waals surface area contributed by atoms with Crippen molar-refractivity contribution in [3.05, 3.63) is 63.8 Å². The quantitative estimate of drug-likeness (QED) is 0.835. The molecule has 3 heterocycles. The minimum atomic E-state index is -0.336. The van der Waals surface area contributed by atoms with Crippen LogP contribution in [0.15, 0.2) is 41.5 Å². The molecule has 0 unspecified atom stereocenters. The molecule has 0 bridgehead atoms. The van der Waals surface area contributed by atoms with E-state index in [4.69, 9.17) is 0 Å². The molecule has 8 heteroatoms. The molecular weight excluding hydrogens is 370 g/mol. The molecule has 4 rings (SSSR count). The number of carbonyl (C=O) groups is 2. The number of nitrogens with zero attached hydrogens (tertiary/aromatic N) is 4. The summed E-state index contributed by atoms with van der Waals surface area (Å²) in [5.74, 6) is 0.173. The van der Waals surface area contributed by atoms with Crippen molar-refractivity contribution in [2.75, 3.05) is 33.7 Å². The standard InChI is InChI=1S/C21H25N5O3/c1-13-6-4-5-7-15(13)19-16-12-25(20(28)17-8-23-18(27)9-22-17)10-14(16)11-26(19)21(29)24(2)3/h4-9,14,16,19H,10-12H2,1-3H3,(H,23,27)/t14-,16-,19+/m1/s1. The number of fused-ring (bicyclic) bond motifs is 1. The Balaban J connectivity index is 1.63. The Morgan fingerprint density at radius 3 is 2.59 bits per heavy atom. The number of aryl methyl sites for hydroxylation is 1. The van der Waals surface area contributed by atoms with E-state index in [1.807, 2.05) is 17.0 Å². The van der Waals surface area contributed by atoms with Crippen molar-refractivity contribution in [3.8, 4) is 0 Å². The number of benzene rings is 1. The van der Waals surface area contributed by atoms with Gasteiger partial charge in [0, 0.05) is 51.8 Å². The van der Waals surface area contributed by atoms with E-state index in [-0.39, 0.29) is 41.1 Å². The third-order valence-corrected chi connectivity index (χ3v) is 5.98. The number of nitrogens with one attached hydrogen (secondary N) is 1. The van der Waals surface area contributed by atoms with Crippen LogP contribution >= 0.6 is 0 Å². The Labute approximate surface area is 169 Å². The summed E-state index contributed by atoms with van der Waals surface area (Å²) in [6.45, 7) is 3.80. The largest absolute Gasteiger partial charge is 0.337 e. The summed E-state index contributed by atoms with van der Waals surface area (Å²) in [6.07, 6.45) is 2.48. The van der Waals surface area contributed by atoms with Crippen molar-refractivity contribution in [3.63, 3.8) is 0 Å². The van der Waals surface area contributed by atoms with E-state index in [9.17, 15) is 14.4 Å². The molecule has 29 heavy (non-hydrogen) atoms. The highest BCUT2D eigenvalue weighted by Crippen LogP contribution is 2.46. The molecule has 2 aliphatic heterocycles. The first kappa shape index (κ1) is 19.2. The van der Waals surface area contributed by atoms with Gasteiger partial charge in [0.1, 0.15) is 5.69 Å². The number of hydrogen-bond acceptors (Lipinski definition) is 4.